The number of hydrogen-bond donors (Lipinski definition) is 2. The molecule has 0 aliphatic heterocycles. The van der Waals surface area contributed by atoms with Crippen LogP contribution >= 0.6 is 23.1 Å². The summed E-state index contributed by atoms with van der Waals surface area (Å²) in [7, 11) is 0. The molecule has 2 amide bonds. The number of thiophene rings is 1. The molecule has 0 bridgehead atoms. The van der Waals surface area contributed by atoms with Crippen LogP contribution in [-0.4, -0.2) is 32.3 Å². The molecule has 0 aliphatic rings. The van der Waals surface area contributed by atoms with E-state index in [-0.39, 0.29) is 29.0 Å². The number of amides is 2. The number of benzene rings is 1. The van der Waals surface area contributed by atoms with E-state index in [2.05, 4.69) is 15.5 Å². The lowest BCUT2D eigenvalue weighted by molar-refractivity contribution is -0.113. The molecule has 2 aromatic heterocycles. The van der Waals surface area contributed by atoms with Gasteiger partial charge < -0.3 is 15.6 Å². The van der Waals surface area contributed by atoms with Gasteiger partial charge in [0.15, 0.2) is 11.0 Å². The van der Waals surface area contributed by atoms with Crippen molar-refractivity contribution < 1.29 is 14.0 Å². The third kappa shape index (κ3) is 5.01. The van der Waals surface area contributed by atoms with Gasteiger partial charge in [0, 0.05) is 6.54 Å². The van der Waals surface area contributed by atoms with E-state index < -0.39 is 5.91 Å². The first-order chi connectivity index (χ1) is 13.9. The van der Waals surface area contributed by atoms with Crippen LogP contribution in [0.2, 0.25) is 0 Å². The molecule has 2 heterocycles. The third-order valence-electron chi connectivity index (χ3n) is 3.90. The Kier molecular flexibility index (Phi) is 6.65. The van der Waals surface area contributed by atoms with E-state index >= 15 is 0 Å². The number of aromatic nitrogens is 3. The van der Waals surface area contributed by atoms with Gasteiger partial charge in [0.1, 0.15) is 10.8 Å². The zero-order valence-electron chi connectivity index (χ0n) is 15.9. The zero-order valence-corrected chi connectivity index (χ0v) is 17.5. The van der Waals surface area contributed by atoms with E-state index in [0.717, 1.165) is 0 Å². The standard InChI is InChI=1S/C19H20FN5O2S2/c1-11(2)9-25-17(12-5-3-4-6-14(12)20)23-24-19(25)29-10-15(26)22-18-13(16(21)27)7-8-28-18/h3-8,11H,9-10H2,1-2H3,(H2,21,27)(H,22,26). The molecular weight excluding hydrogens is 413 g/mol. The average Bonchev–Trinajstić information content (AvgIpc) is 3.27. The molecule has 0 unspecified atom stereocenters. The summed E-state index contributed by atoms with van der Waals surface area (Å²) in [5.74, 6) is -0.519. The molecule has 0 saturated heterocycles. The van der Waals surface area contributed by atoms with Gasteiger partial charge >= 0.3 is 0 Å². The molecule has 3 rings (SSSR count). The van der Waals surface area contributed by atoms with Crippen molar-refractivity contribution >= 4 is 39.9 Å². The lowest BCUT2D eigenvalue weighted by Gasteiger charge is -2.13. The summed E-state index contributed by atoms with van der Waals surface area (Å²) in [5.41, 5.74) is 5.93. The van der Waals surface area contributed by atoms with Crippen molar-refractivity contribution in [3.05, 3.63) is 47.1 Å². The van der Waals surface area contributed by atoms with Crippen molar-refractivity contribution in [2.75, 3.05) is 11.1 Å². The molecule has 3 aromatic rings. The summed E-state index contributed by atoms with van der Waals surface area (Å²) in [6.45, 7) is 4.65. The molecule has 3 N–H and O–H groups in total. The van der Waals surface area contributed by atoms with Crippen LogP contribution in [0.15, 0.2) is 40.9 Å². The highest BCUT2D eigenvalue weighted by Gasteiger charge is 2.19. The minimum absolute atomic E-state index is 0.0591. The number of carbonyl (C=O) groups excluding carboxylic acids is 2. The molecule has 0 atom stereocenters. The van der Waals surface area contributed by atoms with E-state index in [1.807, 2.05) is 18.4 Å². The lowest BCUT2D eigenvalue weighted by atomic mass is 10.2. The summed E-state index contributed by atoms with van der Waals surface area (Å²) >= 11 is 2.42. The molecule has 0 saturated carbocycles. The van der Waals surface area contributed by atoms with Crippen LogP contribution in [0.5, 0.6) is 0 Å². The first kappa shape index (κ1) is 21.0. The highest BCUT2D eigenvalue weighted by Crippen LogP contribution is 2.28. The SMILES string of the molecule is CC(C)Cn1c(SCC(=O)Nc2sccc2C(N)=O)nnc1-c1ccccc1F. The topological polar surface area (TPSA) is 103 Å². The van der Waals surface area contributed by atoms with Crippen LogP contribution in [0.4, 0.5) is 9.39 Å². The number of nitrogens with two attached hydrogens (primary N) is 1. The summed E-state index contributed by atoms with van der Waals surface area (Å²) in [5, 5.41) is 13.6. The monoisotopic (exact) mass is 433 g/mol. The van der Waals surface area contributed by atoms with Gasteiger partial charge in [-0.25, -0.2) is 4.39 Å². The number of halogens is 1. The van der Waals surface area contributed by atoms with Crippen molar-refractivity contribution in [3.63, 3.8) is 0 Å². The predicted octanol–water partition coefficient (Wildman–Crippen LogP) is 3.63. The highest BCUT2D eigenvalue weighted by atomic mass is 32.2. The van der Waals surface area contributed by atoms with Gasteiger partial charge in [-0.2, -0.15) is 0 Å². The normalized spacial score (nSPS) is 11.0. The van der Waals surface area contributed by atoms with Crippen molar-refractivity contribution in [3.8, 4) is 11.4 Å². The Labute approximate surface area is 175 Å². The minimum atomic E-state index is -0.597. The Morgan fingerprint density at radius 1 is 1.28 bits per heavy atom. The number of hydrogen-bond acceptors (Lipinski definition) is 6. The molecule has 0 radical (unpaired) electrons. The van der Waals surface area contributed by atoms with E-state index in [0.29, 0.717) is 28.1 Å². The summed E-state index contributed by atoms with van der Waals surface area (Å²) in [6.07, 6.45) is 0. The summed E-state index contributed by atoms with van der Waals surface area (Å²) < 4.78 is 16.1. The van der Waals surface area contributed by atoms with Crippen LogP contribution in [0.3, 0.4) is 0 Å². The number of carbonyl (C=O) groups is 2. The Hall–Kier alpha value is -2.72. The fourth-order valence-corrected chi connectivity index (χ4v) is 4.22. The largest absolute Gasteiger partial charge is 0.366 e. The Bertz CT molecular complexity index is 1030. The van der Waals surface area contributed by atoms with E-state index in [9.17, 15) is 14.0 Å². The fraction of sp³-hybridized carbons (Fsp3) is 0.263. The molecule has 29 heavy (non-hydrogen) atoms. The van der Waals surface area contributed by atoms with E-state index in [4.69, 9.17) is 5.73 Å². The summed E-state index contributed by atoms with van der Waals surface area (Å²) in [6, 6.07) is 7.95. The molecule has 0 aliphatic carbocycles. The number of nitrogens with zero attached hydrogens (tertiary/aromatic N) is 3. The van der Waals surface area contributed by atoms with Gasteiger partial charge in [0.05, 0.1) is 16.9 Å². The second-order valence-electron chi connectivity index (χ2n) is 6.65. The van der Waals surface area contributed by atoms with Crippen LogP contribution in [0.1, 0.15) is 24.2 Å². The maximum absolute atomic E-state index is 14.2. The lowest BCUT2D eigenvalue weighted by Crippen LogP contribution is -2.18. The van der Waals surface area contributed by atoms with Crippen LogP contribution in [0, 0.1) is 11.7 Å². The van der Waals surface area contributed by atoms with Gasteiger partial charge in [-0.05, 0) is 29.5 Å². The average molecular weight is 434 g/mol. The quantitative estimate of drug-likeness (QED) is 0.528. The number of nitrogens with one attached hydrogen (secondary N) is 1. The second-order valence-corrected chi connectivity index (χ2v) is 8.51. The van der Waals surface area contributed by atoms with Crippen molar-refractivity contribution in [2.24, 2.45) is 11.7 Å². The van der Waals surface area contributed by atoms with Crippen LogP contribution < -0.4 is 11.1 Å². The Balaban J connectivity index is 1.77. The number of primary amides is 1. The number of rotatable bonds is 8. The van der Waals surface area contributed by atoms with Gasteiger partial charge in [0.25, 0.3) is 5.91 Å². The van der Waals surface area contributed by atoms with E-state index in [1.165, 1.54) is 29.2 Å². The van der Waals surface area contributed by atoms with Crippen molar-refractivity contribution in [1.29, 1.82) is 0 Å². The van der Waals surface area contributed by atoms with Gasteiger partial charge in [-0.3, -0.25) is 9.59 Å². The third-order valence-corrected chi connectivity index (χ3v) is 5.69. The first-order valence-electron chi connectivity index (χ1n) is 8.85. The van der Waals surface area contributed by atoms with Gasteiger partial charge in [-0.1, -0.05) is 37.7 Å². The molecule has 0 spiro atoms. The first-order valence-corrected chi connectivity index (χ1v) is 10.7. The van der Waals surface area contributed by atoms with Crippen LogP contribution in [0.25, 0.3) is 11.4 Å². The van der Waals surface area contributed by atoms with Gasteiger partial charge in [0.2, 0.25) is 5.91 Å². The fourth-order valence-electron chi connectivity index (χ4n) is 2.66. The predicted molar refractivity (Wildman–Crippen MR) is 112 cm³/mol. The molecule has 0 fully saturated rings. The maximum Gasteiger partial charge on any atom is 0.251 e. The molecule has 152 valence electrons. The molecule has 7 nitrogen and oxygen atoms in total. The maximum atomic E-state index is 14.2. The highest BCUT2D eigenvalue weighted by molar-refractivity contribution is 7.99. The number of anilines is 1. The summed E-state index contributed by atoms with van der Waals surface area (Å²) in [4.78, 5) is 23.7. The van der Waals surface area contributed by atoms with Gasteiger partial charge in [-0.15, -0.1) is 21.5 Å². The van der Waals surface area contributed by atoms with Crippen molar-refractivity contribution in [1.82, 2.24) is 14.8 Å². The second kappa shape index (κ2) is 9.19. The zero-order chi connectivity index (χ0) is 21.0. The van der Waals surface area contributed by atoms with Crippen molar-refractivity contribution in [2.45, 2.75) is 25.5 Å². The Morgan fingerprint density at radius 3 is 2.72 bits per heavy atom. The van der Waals surface area contributed by atoms with E-state index in [1.54, 1.807) is 29.6 Å². The number of thioether (sulfide) groups is 1. The smallest absolute Gasteiger partial charge is 0.251 e. The minimum Gasteiger partial charge on any atom is -0.366 e. The van der Waals surface area contributed by atoms with Crippen LogP contribution in [-0.2, 0) is 11.3 Å². The molecular formula is C19H20FN5O2S2. The Morgan fingerprint density at radius 2 is 2.03 bits per heavy atom. The molecule has 10 heteroatoms. The molecule has 1 aromatic carbocycles.